The van der Waals surface area contributed by atoms with Crippen LogP contribution in [-0.4, -0.2) is 0 Å². The largest absolute Gasteiger partial charge is 0.0622 e. The van der Waals surface area contributed by atoms with Crippen molar-refractivity contribution in [2.75, 3.05) is 0 Å². The summed E-state index contributed by atoms with van der Waals surface area (Å²) in [6, 6.07) is 10.5. The normalized spacial score (nSPS) is 31.2. The van der Waals surface area contributed by atoms with Crippen LogP contribution in [-0.2, 0) is 0 Å². The summed E-state index contributed by atoms with van der Waals surface area (Å²) in [6.45, 7) is 0. The van der Waals surface area contributed by atoms with Gasteiger partial charge in [-0.05, 0) is 24.3 Å². The number of hydrogen-bond donors (Lipinski definition) is 0. The molecule has 12 heavy (non-hydrogen) atoms. The highest BCUT2D eigenvalue weighted by Gasteiger charge is 2.14. The first-order chi connectivity index (χ1) is 6.38. The van der Waals surface area contributed by atoms with Crippen LogP contribution in [0.25, 0.3) is 0 Å². The standard InChI is InChI=1S/C12H16/c1-3-7-11(8-4-1)12-9-5-2-6-10-12/h1,3-4,7-8,12H,2,5-6,9-10H2/i9D/t9-,12+/m1/s1. The predicted octanol–water partition coefficient (Wildman–Crippen LogP) is 3.73. The fourth-order valence-corrected chi connectivity index (χ4v) is 1.95. The zero-order valence-electron chi connectivity index (χ0n) is 8.37. The molecular formula is C12H16. The summed E-state index contributed by atoms with van der Waals surface area (Å²) in [4.78, 5) is 0. The molecule has 1 saturated carbocycles. The molecule has 1 aliphatic carbocycles. The molecule has 0 amide bonds. The van der Waals surface area contributed by atoms with Crippen LogP contribution in [0.3, 0.4) is 0 Å². The van der Waals surface area contributed by atoms with Gasteiger partial charge in [-0.15, -0.1) is 0 Å². The molecule has 0 saturated heterocycles. The maximum absolute atomic E-state index is 7.97. The van der Waals surface area contributed by atoms with Gasteiger partial charge in [0, 0.05) is 1.37 Å². The van der Waals surface area contributed by atoms with Crippen LogP contribution >= 0.6 is 0 Å². The monoisotopic (exact) mass is 161 g/mol. The number of hydrogen-bond acceptors (Lipinski definition) is 0. The zero-order valence-corrected chi connectivity index (χ0v) is 7.37. The van der Waals surface area contributed by atoms with Gasteiger partial charge in [0.05, 0.1) is 0 Å². The van der Waals surface area contributed by atoms with Crippen LogP contribution in [0, 0.1) is 0 Å². The second kappa shape index (κ2) is 3.75. The molecule has 0 heterocycles. The first-order valence-electron chi connectivity index (χ1n) is 5.43. The minimum atomic E-state index is 0.135. The molecule has 0 nitrogen and oxygen atoms in total. The lowest BCUT2D eigenvalue weighted by Gasteiger charge is -2.21. The molecule has 0 spiro atoms. The van der Waals surface area contributed by atoms with Gasteiger partial charge in [0.1, 0.15) is 0 Å². The number of benzene rings is 1. The quantitative estimate of drug-likeness (QED) is 0.588. The molecule has 1 aromatic carbocycles. The van der Waals surface area contributed by atoms with Crippen LogP contribution in [0.2, 0.25) is 0 Å². The molecule has 0 aliphatic heterocycles. The summed E-state index contributed by atoms with van der Waals surface area (Å²) in [6.07, 6.45) is 4.97. The minimum absolute atomic E-state index is 0.135. The second-order valence-corrected chi connectivity index (χ2v) is 3.54. The SMILES string of the molecule is [2H][C@@H]1CCCC[C@H]1c1ccccc1. The van der Waals surface area contributed by atoms with Gasteiger partial charge in [-0.1, -0.05) is 49.6 Å². The third kappa shape index (κ3) is 1.69. The minimum Gasteiger partial charge on any atom is -0.0622 e. The third-order valence-electron chi connectivity index (χ3n) is 2.65. The molecular weight excluding hydrogens is 144 g/mol. The van der Waals surface area contributed by atoms with E-state index in [2.05, 4.69) is 24.3 Å². The van der Waals surface area contributed by atoms with E-state index in [1.807, 2.05) is 6.07 Å². The number of rotatable bonds is 1. The van der Waals surface area contributed by atoms with Crippen molar-refractivity contribution in [3.05, 3.63) is 35.9 Å². The molecule has 1 aromatic rings. The molecule has 1 fully saturated rings. The molecule has 64 valence electrons. The summed E-state index contributed by atoms with van der Waals surface area (Å²) < 4.78 is 7.97. The van der Waals surface area contributed by atoms with Gasteiger partial charge < -0.3 is 0 Å². The smallest absolute Gasteiger partial charge is 0.0273 e. The van der Waals surface area contributed by atoms with E-state index in [1.54, 1.807) is 0 Å². The highest BCUT2D eigenvalue weighted by Crippen LogP contribution is 2.31. The third-order valence-corrected chi connectivity index (χ3v) is 2.65. The van der Waals surface area contributed by atoms with Crippen LogP contribution < -0.4 is 0 Å². The second-order valence-electron chi connectivity index (χ2n) is 3.54. The summed E-state index contributed by atoms with van der Waals surface area (Å²) in [5, 5.41) is 0. The van der Waals surface area contributed by atoms with E-state index in [0.717, 1.165) is 6.42 Å². The molecule has 2 rings (SSSR count). The summed E-state index contributed by atoms with van der Waals surface area (Å²) >= 11 is 0. The average molecular weight is 161 g/mol. The lowest BCUT2D eigenvalue weighted by atomic mass is 9.84. The molecule has 1 aliphatic rings. The van der Waals surface area contributed by atoms with Crippen molar-refractivity contribution in [3.8, 4) is 0 Å². The van der Waals surface area contributed by atoms with Crippen LogP contribution in [0.1, 0.15) is 44.9 Å². The van der Waals surface area contributed by atoms with Crippen molar-refractivity contribution in [1.29, 1.82) is 0 Å². The Morgan fingerprint density at radius 1 is 1.08 bits per heavy atom. The van der Waals surface area contributed by atoms with Crippen molar-refractivity contribution in [3.63, 3.8) is 0 Å². The Labute approximate surface area is 76.0 Å². The Morgan fingerprint density at radius 3 is 2.67 bits per heavy atom. The molecule has 2 atom stereocenters. The molecule has 0 bridgehead atoms. The van der Waals surface area contributed by atoms with Gasteiger partial charge in [-0.2, -0.15) is 0 Å². The van der Waals surface area contributed by atoms with Crippen molar-refractivity contribution in [2.24, 2.45) is 0 Å². The molecule has 0 unspecified atom stereocenters. The van der Waals surface area contributed by atoms with E-state index in [0.29, 0.717) is 5.92 Å². The van der Waals surface area contributed by atoms with Crippen molar-refractivity contribution in [1.82, 2.24) is 0 Å². The molecule has 0 heteroatoms. The van der Waals surface area contributed by atoms with E-state index in [1.165, 1.54) is 24.8 Å². The van der Waals surface area contributed by atoms with Gasteiger partial charge in [0.15, 0.2) is 0 Å². The topological polar surface area (TPSA) is 0 Å². The van der Waals surface area contributed by atoms with E-state index < -0.39 is 0 Å². The summed E-state index contributed by atoms with van der Waals surface area (Å²) in [5.41, 5.74) is 1.36. The van der Waals surface area contributed by atoms with E-state index in [9.17, 15) is 0 Å². The van der Waals surface area contributed by atoms with Crippen molar-refractivity contribution in [2.45, 2.75) is 38.0 Å². The Bertz CT molecular complexity index is 255. The Kier molecular flexibility index (Phi) is 2.10. The van der Waals surface area contributed by atoms with Gasteiger partial charge in [-0.25, -0.2) is 0 Å². The van der Waals surface area contributed by atoms with Gasteiger partial charge in [-0.3, -0.25) is 0 Å². The lowest BCUT2D eigenvalue weighted by molar-refractivity contribution is 0.443. The van der Waals surface area contributed by atoms with Crippen LogP contribution in [0.4, 0.5) is 0 Å². The average Bonchev–Trinajstić information content (AvgIpc) is 2.20. The van der Waals surface area contributed by atoms with Gasteiger partial charge in [0.25, 0.3) is 0 Å². The molecule has 0 aromatic heterocycles. The zero-order chi connectivity index (χ0) is 9.10. The van der Waals surface area contributed by atoms with Gasteiger partial charge in [0.2, 0.25) is 0 Å². The van der Waals surface area contributed by atoms with Crippen LogP contribution in [0.15, 0.2) is 30.3 Å². The van der Waals surface area contributed by atoms with Gasteiger partial charge >= 0.3 is 0 Å². The lowest BCUT2D eigenvalue weighted by Crippen LogP contribution is -2.03. The van der Waals surface area contributed by atoms with E-state index >= 15 is 0 Å². The first-order valence-corrected chi connectivity index (χ1v) is 4.85. The fourth-order valence-electron chi connectivity index (χ4n) is 1.95. The highest BCUT2D eigenvalue weighted by molar-refractivity contribution is 5.19. The Balaban J connectivity index is 2.15. The summed E-state index contributed by atoms with van der Waals surface area (Å²) in [7, 11) is 0. The maximum atomic E-state index is 7.97. The Morgan fingerprint density at radius 2 is 1.92 bits per heavy atom. The first kappa shape index (κ1) is 6.71. The molecule has 0 N–H and O–H groups in total. The van der Waals surface area contributed by atoms with E-state index in [-0.39, 0.29) is 6.40 Å². The highest BCUT2D eigenvalue weighted by atomic mass is 14.2. The van der Waals surface area contributed by atoms with E-state index in [4.69, 9.17) is 1.37 Å². The Hall–Kier alpha value is -0.780. The van der Waals surface area contributed by atoms with Crippen molar-refractivity contribution < 1.29 is 1.37 Å². The fraction of sp³-hybridized carbons (Fsp3) is 0.500. The van der Waals surface area contributed by atoms with Crippen LogP contribution in [0.5, 0.6) is 0 Å². The predicted molar refractivity (Wildman–Crippen MR) is 52.3 cm³/mol. The van der Waals surface area contributed by atoms with Crippen molar-refractivity contribution >= 4 is 0 Å². The molecule has 0 radical (unpaired) electrons. The maximum Gasteiger partial charge on any atom is 0.0273 e. The summed E-state index contributed by atoms with van der Waals surface area (Å²) in [5.74, 6) is 0.495.